The molecular formula is C11H18NORb. The zero-order valence-electron chi connectivity index (χ0n) is 10.1. The third kappa shape index (κ3) is 5.59. The van der Waals surface area contributed by atoms with E-state index in [1.807, 2.05) is 40.7 Å². The van der Waals surface area contributed by atoms with Crippen molar-refractivity contribution in [2.75, 3.05) is 0 Å². The van der Waals surface area contributed by atoms with Gasteiger partial charge in [0.1, 0.15) is 0 Å². The second-order valence-corrected chi connectivity index (χ2v) is 3.61. The molecule has 1 aromatic rings. The second kappa shape index (κ2) is 7.97. The summed E-state index contributed by atoms with van der Waals surface area (Å²) < 4.78 is 0. The molecule has 74 valence electrons. The molecule has 0 aliphatic heterocycles. The smallest absolute Gasteiger partial charge is 0.629 e. The van der Waals surface area contributed by atoms with Gasteiger partial charge in [0.2, 0.25) is 0 Å². The summed E-state index contributed by atoms with van der Waals surface area (Å²) in [5.74, 6) is 0. The van der Waals surface area contributed by atoms with Gasteiger partial charge in [0, 0.05) is 0 Å². The van der Waals surface area contributed by atoms with E-state index in [9.17, 15) is 4.79 Å². The number of rotatable bonds is 0. The van der Waals surface area contributed by atoms with Crippen LogP contribution >= 0.6 is 0 Å². The van der Waals surface area contributed by atoms with Crippen molar-refractivity contribution < 1.29 is 58.2 Å². The Bertz CT molecular complexity index is 299. The second-order valence-electron chi connectivity index (χ2n) is 3.61. The molecule has 0 atom stereocenters. The van der Waals surface area contributed by atoms with Crippen LogP contribution in [0.5, 0.6) is 0 Å². The van der Waals surface area contributed by atoms with E-state index in [-0.39, 0.29) is 69.2 Å². The predicted molar refractivity (Wildman–Crippen MR) is 56.1 cm³/mol. The minimum atomic E-state index is -0.111. The van der Waals surface area contributed by atoms with Crippen molar-refractivity contribution in [3.63, 3.8) is 0 Å². The summed E-state index contributed by atoms with van der Waals surface area (Å²) in [4.78, 5) is 14.8. The molecule has 3 heteroatoms. The monoisotopic (exact) mass is 265 g/mol. The van der Waals surface area contributed by atoms with Gasteiger partial charge >= 0.3 is 58.2 Å². The Morgan fingerprint density at radius 2 is 1.71 bits per heavy atom. The summed E-state index contributed by atoms with van der Waals surface area (Å²) in [6.07, 6.45) is 1.53. The van der Waals surface area contributed by atoms with E-state index in [0.29, 0.717) is 0 Å². The van der Waals surface area contributed by atoms with Crippen LogP contribution in [0.25, 0.3) is 0 Å². The molecule has 0 amide bonds. The molecule has 0 fully saturated rings. The quantitative estimate of drug-likeness (QED) is 0.623. The first kappa shape index (κ1) is 17.2. The van der Waals surface area contributed by atoms with E-state index < -0.39 is 0 Å². The average molecular weight is 266 g/mol. The Hall–Kier alpha value is 0.755. The molecule has 0 unspecified atom stereocenters. The SMILES string of the molecule is CC.CC(C)(C)c1ccc[n-]c1=O.[Rb+]. The number of nitrogens with zero attached hydrogens (tertiary/aromatic N) is 1. The molecule has 0 aromatic carbocycles. The summed E-state index contributed by atoms with van der Waals surface area (Å²) in [6, 6.07) is 3.62. The van der Waals surface area contributed by atoms with Gasteiger partial charge in [-0.15, -0.1) is 0 Å². The molecule has 1 rings (SSSR count). The number of pyridine rings is 1. The van der Waals surface area contributed by atoms with Crippen LogP contribution in [0.3, 0.4) is 0 Å². The maximum absolute atomic E-state index is 11.2. The molecule has 2 nitrogen and oxygen atoms in total. The van der Waals surface area contributed by atoms with Crippen molar-refractivity contribution in [2.45, 2.75) is 40.0 Å². The number of hydrogen-bond donors (Lipinski definition) is 0. The molecular weight excluding hydrogens is 248 g/mol. The van der Waals surface area contributed by atoms with Crippen LogP contribution in [0, 0.1) is 0 Å². The topological polar surface area (TPSA) is 31.2 Å². The first-order valence-corrected chi connectivity index (χ1v) is 4.64. The zero-order chi connectivity index (χ0) is 10.5. The third-order valence-corrected chi connectivity index (χ3v) is 1.58. The molecule has 1 heterocycles. The molecule has 0 saturated heterocycles. The molecule has 1 aromatic heterocycles. The van der Waals surface area contributed by atoms with Gasteiger partial charge in [-0.2, -0.15) is 6.20 Å². The van der Waals surface area contributed by atoms with Crippen LogP contribution in [0.4, 0.5) is 0 Å². The summed E-state index contributed by atoms with van der Waals surface area (Å²) in [5.41, 5.74) is 0.575. The first-order chi connectivity index (χ1) is 6.02. The van der Waals surface area contributed by atoms with E-state index in [1.54, 1.807) is 6.07 Å². The van der Waals surface area contributed by atoms with Crippen LogP contribution in [-0.2, 0) is 5.41 Å². The molecule has 0 radical (unpaired) electrons. The fourth-order valence-electron chi connectivity index (χ4n) is 0.962. The maximum Gasteiger partial charge on any atom is 1.00 e. The van der Waals surface area contributed by atoms with Crippen molar-refractivity contribution in [1.82, 2.24) is 4.98 Å². The Morgan fingerprint density at radius 3 is 2.00 bits per heavy atom. The summed E-state index contributed by atoms with van der Waals surface area (Å²) in [5, 5.41) is 0. The van der Waals surface area contributed by atoms with Crippen molar-refractivity contribution in [2.24, 2.45) is 0 Å². The van der Waals surface area contributed by atoms with E-state index >= 15 is 0 Å². The first-order valence-electron chi connectivity index (χ1n) is 4.64. The third-order valence-electron chi connectivity index (χ3n) is 1.58. The van der Waals surface area contributed by atoms with Gasteiger partial charge in [-0.25, -0.2) is 0 Å². The van der Waals surface area contributed by atoms with Crippen LogP contribution in [-0.4, -0.2) is 0 Å². The maximum atomic E-state index is 11.2. The van der Waals surface area contributed by atoms with E-state index in [0.717, 1.165) is 5.56 Å². The van der Waals surface area contributed by atoms with E-state index in [4.69, 9.17) is 0 Å². The summed E-state index contributed by atoms with van der Waals surface area (Å²) >= 11 is 0. The van der Waals surface area contributed by atoms with Crippen LogP contribution in [0.2, 0.25) is 0 Å². The number of hydrogen-bond acceptors (Lipinski definition) is 1. The molecule has 0 bridgehead atoms. The molecule has 0 aliphatic rings. The van der Waals surface area contributed by atoms with Gasteiger partial charge in [0.25, 0.3) is 0 Å². The van der Waals surface area contributed by atoms with Gasteiger partial charge in [0.05, 0.1) is 5.56 Å². The normalized spacial score (nSPS) is 9.50. The summed E-state index contributed by atoms with van der Waals surface area (Å²) in [7, 11) is 0. The fraction of sp³-hybridized carbons (Fsp3) is 0.545. The average Bonchev–Trinajstić information content (AvgIpc) is 2.07. The largest absolute Gasteiger partial charge is 1.00 e. The minimum Gasteiger partial charge on any atom is -0.629 e. The Balaban J connectivity index is 0. The molecule has 14 heavy (non-hydrogen) atoms. The van der Waals surface area contributed by atoms with Gasteiger partial charge < -0.3 is 9.78 Å². The van der Waals surface area contributed by atoms with Gasteiger partial charge in [-0.1, -0.05) is 46.8 Å². The number of aromatic nitrogens is 1. The predicted octanol–water partition coefficient (Wildman–Crippen LogP) is -0.668. The van der Waals surface area contributed by atoms with Crippen molar-refractivity contribution >= 4 is 0 Å². The molecule has 0 aliphatic carbocycles. The summed E-state index contributed by atoms with van der Waals surface area (Å²) in [6.45, 7) is 10.0. The Labute approximate surface area is 135 Å². The molecule has 0 N–H and O–H groups in total. The van der Waals surface area contributed by atoms with E-state index in [1.165, 1.54) is 6.20 Å². The minimum absolute atomic E-state index is 0. The fourth-order valence-corrected chi connectivity index (χ4v) is 0.962. The van der Waals surface area contributed by atoms with Gasteiger partial charge in [-0.3, -0.25) is 0 Å². The Morgan fingerprint density at radius 1 is 1.21 bits per heavy atom. The van der Waals surface area contributed by atoms with Crippen molar-refractivity contribution in [1.29, 1.82) is 0 Å². The van der Waals surface area contributed by atoms with Gasteiger partial charge in [0.15, 0.2) is 0 Å². The van der Waals surface area contributed by atoms with Crippen LogP contribution in [0.15, 0.2) is 23.1 Å². The Kier molecular flexibility index (Phi) is 9.77. The van der Waals surface area contributed by atoms with Crippen LogP contribution in [0.1, 0.15) is 40.2 Å². The zero-order valence-corrected chi connectivity index (χ0v) is 15.0. The molecule has 0 saturated carbocycles. The van der Waals surface area contributed by atoms with E-state index in [2.05, 4.69) is 4.98 Å². The van der Waals surface area contributed by atoms with Crippen LogP contribution < -0.4 is 68.7 Å². The standard InChI is InChI=1S/C9H13NO.C2H6.Rb/c1-9(2,3)7-5-4-6-10-8(7)11;1-2;/h4-6H,1-3H3,(H,10,11);1-2H3;/q;;+1/p-1. The van der Waals surface area contributed by atoms with Crippen molar-refractivity contribution in [3.05, 3.63) is 34.2 Å². The molecule has 0 spiro atoms. The van der Waals surface area contributed by atoms with Crippen molar-refractivity contribution in [3.8, 4) is 0 Å². The van der Waals surface area contributed by atoms with Gasteiger partial charge in [-0.05, 0) is 11.0 Å².